The summed E-state index contributed by atoms with van der Waals surface area (Å²) < 4.78 is 0. The Labute approximate surface area is 133 Å². The van der Waals surface area contributed by atoms with Gasteiger partial charge in [-0.1, -0.05) is 48.0 Å². The van der Waals surface area contributed by atoms with Gasteiger partial charge in [-0.3, -0.25) is 4.79 Å². The Bertz CT molecular complexity index is 646. The minimum atomic E-state index is 0.104. The van der Waals surface area contributed by atoms with E-state index in [1.807, 2.05) is 6.07 Å². The van der Waals surface area contributed by atoms with E-state index in [4.69, 9.17) is 0 Å². The number of rotatable bonds is 6. The first-order valence-corrected chi connectivity index (χ1v) is 7.93. The van der Waals surface area contributed by atoms with Crippen LogP contribution in [-0.2, 0) is 17.6 Å². The Hall–Kier alpha value is -2.09. The zero-order valence-corrected chi connectivity index (χ0v) is 13.8. The molecule has 2 heteroatoms. The van der Waals surface area contributed by atoms with E-state index >= 15 is 0 Å². The van der Waals surface area contributed by atoms with Crippen LogP contribution >= 0.6 is 0 Å². The van der Waals surface area contributed by atoms with Crippen LogP contribution in [0.5, 0.6) is 0 Å². The van der Waals surface area contributed by atoms with E-state index in [2.05, 4.69) is 62.5 Å². The fraction of sp³-hybridized carbons (Fsp3) is 0.350. The topological polar surface area (TPSA) is 29.1 Å². The summed E-state index contributed by atoms with van der Waals surface area (Å²) in [5.74, 6) is 0.104. The molecule has 2 rings (SSSR count). The summed E-state index contributed by atoms with van der Waals surface area (Å²) in [6.45, 7) is 7.01. The molecule has 0 bridgehead atoms. The lowest BCUT2D eigenvalue weighted by atomic mass is 10.0. The van der Waals surface area contributed by atoms with Crippen molar-refractivity contribution in [3.05, 3.63) is 70.3 Å². The van der Waals surface area contributed by atoms with Crippen LogP contribution in [-0.4, -0.2) is 12.5 Å². The molecular formula is C20H25NO. The zero-order chi connectivity index (χ0) is 15.9. The molecular weight excluding hydrogens is 270 g/mol. The third kappa shape index (κ3) is 5.03. The van der Waals surface area contributed by atoms with Crippen molar-refractivity contribution in [2.24, 2.45) is 0 Å². The molecule has 116 valence electrons. The number of aryl methyl sites for hydroxylation is 4. The second-order valence-electron chi connectivity index (χ2n) is 6.04. The van der Waals surface area contributed by atoms with Gasteiger partial charge in [0.1, 0.15) is 0 Å². The highest BCUT2D eigenvalue weighted by Crippen LogP contribution is 2.10. The van der Waals surface area contributed by atoms with Crippen LogP contribution in [0.4, 0.5) is 0 Å². The van der Waals surface area contributed by atoms with Gasteiger partial charge in [0.05, 0.1) is 6.42 Å². The molecule has 0 saturated heterocycles. The molecule has 22 heavy (non-hydrogen) atoms. The van der Waals surface area contributed by atoms with E-state index in [1.165, 1.54) is 22.3 Å². The normalized spacial score (nSPS) is 10.5. The van der Waals surface area contributed by atoms with Crippen LogP contribution in [0.3, 0.4) is 0 Å². The average Bonchev–Trinajstić information content (AvgIpc) is 2.48. The molecule has 0 saturated carbocycles. The zero-order valence-electron chi connectivity index (χ0n) is 13.8. The van der Waals surface area contributed by atoms with Gasteiger partial charge in [-0.2, -0.15) is 0 Å². The maximum Gasteiger partial charge on any atom is 0.224 e. The lowest BCUT2D eigenvalue weighted by Crippen LogP contribution is -2.26. The molecule has 0 aliphatic heterocycles. The Morgan fingerprint density at radius 3 is 2.50 bits per heavy atom. The molecule has 2 nitrogen and oxygen atoms in total. The molecule has 0 aromatic heterocycles. The van der Waals surface area contributed by atoms with Crippen molar-refractivity contribution >= 4 is 5.91 Å². The summed E-state index contributed by atoms with van der Waals surface area (Å²) in [7, 11) is 0. The van der Waals surface area contributed by atoms with Gasteiger partial charge in [-0.15, -0.1) is 0 Å². The molecule has 0 heterocycles. The molecule has 1 amide bonds. The fourth-order valence-corrected chi connectivity index (χ4v) is 2.55. The van der Waals surface area contributed by atoms with Crippen LogP contribution in [0.25, 0.3) is 0 Å². The number of amides is 1. The average molecular weight is 295 g/mol. The van der Waals surface area contributed by atoms with Gasteiger partial charge in [-0.05, 0) is 55.9 Å². The van der Waals surface area contributed by atoms with E-state index in [0.717, 1.165) is 24.9 Å². The maximum absolute atomic E-state index is 12.0. The molecule has 0 radical (unpaired) electrons. The number of hydrogen-bond donors (Lipinski definition) is 1. The SMILES string of the molecule is Cc1cccc(CCCNC(=O)Cc2ccc(C)c(C)c2)c1. The summed E-state index contributed by atoms with van der Waals surface area (Å²) in [6, 6.07) is 14.8. The van der Waals surface area contributed by atoms with Gasteiger partial charge in [0.25, 0.3) is 0 Å². The summed E-state index contributed by atoms with van der Waals surface area (Å²) in [6.07, 6.45) is 2.44. The van der Waals surface area contributed by atoms with Crippen LogP contribution in [0.2, 0.25) is 0 Å². The first-order chi connectivity index (χ1) is 10.5. The van der Waals surface area contributed by atoms with Gasteiger partial charge in [0.15, 0.2) is 0 Å². The summed E-state index contributed by atoms with van der Waals surface area (Å²) in [5.41, 5.74) is 6.21. The first kappa shape index (κ1) is 16.3. The molecule has 0 atom stereocenters. The van der Waals surface area contributed by atoms with Crippen molar-refractivity contribution in [3.63, 3.8) is 0 Å². The Balaban J connectivity index is 1.72. The molecule has 0 spiro atoms. The monoisotopic (exact) mass is 295 g/mol. The van der Waals surface area contributed by atoms with Gasteiger partial charge >= 0.3 is 0 Å². The minimum absolute atomic E-state index is 0.104. The fourth-order valence-electron chi connectivity index (χ4n) is 2.55. The number of carbonyl (C=O) groups is 1. The van der Waals surface area contributed by atoms with Crippen molar-refractivity contribution in [1.29, 1.82) is 0 Å². The lowest BCUT2D eigenvalue weighted by molar-refractivity contribution is -0.120. The van der Waals surface area contributed by atoms with Crippen LogP contribution in [0.1, 0.15) is 34.2 Å². The Morgan fingerprint density at radius 1 is 0.955 bits per heavy atom. The maximum atomic E-state index is 12.0. The second kappa shape index (κ2) is 7.79. The number of hydrogen-bond acceptors (Lipinski definition) is 1. The molecule has 2 aromatic rings. The van der Waals surface area contributed by atoms with E-state index in [9.17, 15) is 4.79 Å². The highest BCUT2D eigenvalue weighted by Gasteiger charge is 2.04. The molecule has 1 N–H and O–H groups in total. The third-order valence-corrected chi connectivity index (χ3v) is 3.98. The highest BCUT2D eigenvalue weighted by atomic mass is 16.1. The second-order valence-corrected chi connectivity index (χ2v) is 6.04. The minimum Gasteiger partial charge on any atom is -0.356 e. The molecule has 0 unspecified atom stereocenters. The number of carbonyl (C=O) groups excluding carboxylic acids is 1. The molecule has 2 aromatic carbocycles. The van der Waals surface area contributed by atoms with Crippen LogP contribution in [0.15, 0.2) is 42.5 Å². The summed E-state index contributed by atoms with van der Waals surface area (Å²) in [5, 5.41) is 3.01. The van der Waals surface area contributed by atoms with E-state index in [1.54, 1.807) is 0 Å². The predicted octanol–water partition coefficient (Wildman–Crippen LogP) is 3.90. The molecule has 0 aliphatic carbocycles. The predicted molar refractivity (Wildman–Crippen MR) is 92.1 cm³/mol. The summed E-state index contributed by atoms with van der Waals surface area (Å²) in [4.78, 5) is 12.0. The third-order valence-electron chi connectivity index (χ3n) is 3.98. The molecule has 0 aliphatic rings. The number of nitrogens with one attached hydrogen (secondary N) is 1. The Kier molecular flexibility index (Phi) is 5.76. The van der Waals surface area contributed by atoms with Crippen molar-refractivity contribution in [2.75, 3.05) is 6.54 Å². The van der Waals surface area contributed by atoms with E-state index < -0.39 is 0 Å². The largest absolute Gasteiger partial charge is 0.356 e. The van der Waals surface area contributed by atoms with Gasteiger partial charge in [0.2, 0.25) is 5.91 Å². The Morgan fingerprint density at radius 2 is 1.77 bits per heavy atom. The van der Waals surface area contributed by atoms with Crippen LogP contribution < -0.4 is 5.32 Å². The van der Waals surface area contributed by atoms with Crippen molar-refractivity contribution in [1.82, 2.24) is 5.32 Å². The van der Waals surface area contributed by atoms with Gasteiger partial charge in [0, 0.05) is 6.54 Å². The van der Waals surface area contributed by atoms with Crippen LogP contribution in [0, 0.1) is 20.8 Å². The first-order valence-electron chi connectivity index (χ1n) is 7.93. The summed E-state index contributed by atoms with van der Waals surface area (Å²) >= 11 is 0. The van der Waals surface area contributed by atoms with Crippen molar-refractivity contribution in [2.45, 2.75) is 40.0 Å². The van der Waals surface area contributed by atoms with Gasteiger partial charge < -0.3 is 5.32 Å². The smallest absolute Gasteiger partial charge is 0.224 e. The highest BCUT2D eigenvalue weighted by molar-refractivity contribution is 5.78. The van der Waals surface area contributed by atoms with E-state index in [-0.39, 0.29) is 5.91 Å². The lowest BCUT2D eigenvalue weighted by Gasteiger charge is -2.07. The number of benzene rings is 2. The quantitative estimate of drug-likeness (QED) is 0.805. The van der Waals surface area contributed by atoms with E-state index in [0.29, 0.717) is 6.42 Å². The van der Waals surface area contributed by atoms with Crippen molar-refractivity contribution < 1.29 is 4.79 Å². The van der Waals surface area contributed by atoms with Crippen molar-refractivity contribution in [3.8, 4) is 0 Å². The molecule has 0 fully saturated rings. The van der Waals surface area contributed by atoms with Gasteiger partial charge in [-0.25, -0.2) is 0 Å². The standard InChI is InChI=1S/C20H25NO/c1-15-6-4-7-18(12-15)8-5-11-21-20(22)14-19-10-9-16(2)17(3)13-19/h4,6-7,9-10,12-13H,5,8,11,14H2,1-3H3,(H,21,22).